The van der Waals surface area contributed by atoms with Gasteiger partial charge in [0, 0.05) is 82.4 Å². The summed E-state index contributed by atoms with van der Waals surface area (Å²) in [7, 11) is 4.66. The number of alkyl halides is 9. The van der Waals surface area contributed by atoms with Gasteiger partial charge < -0.3 is 58.4 Å². The summed E-state index contributed by atoms with van der Waals surface area (Å²) in [6, 6.07) is 44.2. The van der Waals surface area contributed by atoms with E-state index in [1.54, 1.807) is 123 Å². The summed E-state index contributed by atoms with van der Waals surface area (Å²) in [5.41, 5.74) is 9.54. The van der Waals surface area contributed by atoms with Gasteiger partial charge in [-0.1, -0.05) is 41.0 Å². The fraction of sp³-hybridized carbons (Fsp3) is 0.310. The van der Waals surface area contributed by atoms with Gasteiger partial charge in [0.15, 0.2) is 0 Å². The maximum Gasteiger partial charge on any atom is 0.416 e. The van der Waals surface area contributed by atoms with Crippen molar-refractivity contribution in [3.8, 4) is 82.6 Å². The molecule has 0 bridgehead atoms. The zero-order valence-electron chi connectivity index (χ0n) is 75.1. The number of carbonyl (C=O) groups excluding carboxylic acids is 3. The first-order valence-electron chi connectivity index (χ1n) is 43.5. The number of hydrogen-bond donors (Lipinski definition) is 3. The van der Waals surface area contributed by atoms with Crippen molar-refractivity contribution < 1.29 is 112 Å². The number of ether oxygens (including phenoxy) is 6. The van der Waals surface area contributed by atoms with Crippen molar-refractivity contribution in [2.24, 2.45) is 0 Å². The third kappa shape index (κ3) is 20.0. The van der Waals surface area contributed by atoms with Crippen LogP contribution in [0.5, 0.6) is 17.2 Å². The Balaban J connectivity index is 0.000000148. The SMILES string of the molecule is COc1ccc(-c2ccc(C(=O)O)s2)cc1-c1ccc(N2CCC2)nc1CN1C(=O)O[C@H](c2cc(C)cc(C(F)(F)F)c2)[C@@H]1C.COc1ccc(-c2csc(C(=O)O)c2)cc1-c1ccc(N2CCC2)nc1CN1C(=O)O[C@H](c2cc(C)cc(C(F)(F)F)c2)[C@@H]1C.COc1ccc(-c2sc(C(=O)O)cc2C)cc1-c1ccc(N2CCC2)nc1CN1C(=O)O[C@H](c2cc(C)cc(C(F)(F)F)c2)[C@@H]1C. The standard InChI is InChI=1S/C34H32F3N3O5S.2C33H30F3N3O5S/c1-18-12-22(15-23(13-18)34(35,36)37)30-20(3)40(33(43)45-30)17-26-24(7-9-29(38-26)39-10-5-11-39)25-16-21(6-8-27(25)44-4)31-19(2)14-28(46-31)32(41)42;1-18-13-21(15-22(14-18)33(34,35)36)30-19(2)39(32(42)44-30)17-25-23(6-10-29(37-25)38-11-4-12-38)24-16-20(5-7-26(24)43-3)27-8-9-28(45-27)31(40)41;1-18-11-21(13-23(12-18)33(34,35)36)30-19(2)39(32(42)44-30)16-26-24(6-8-29(37-26)38-9-4-10-38)25-14-20(5-7-27(25)43-3)22-15-28(31(40)41)45-17-22/h6-9,12-16,20,30H,5,10-11,17H2,1-4H3,(H,41,42);5-10,13-16,19,30H,4,11-12,17H2,1-3H3,(H,40,41);5-8,11-15,17,19,30H,4,9-10,16H2,1-3H3,(H,40,41)/t20-,30-;2*19-,30-/m000/s1. The molecule has 36 heteroatoms. The van der Waals surface area contributed by atoms with Crippen molar-refractivity contribution >= 4 is 87.7 Å². The van der Waals surface area contributed by atoms with Crippen molar-refractivity contribution in [1.82, 2.24) is 29.7 Å². The van der Waals surface area contributed by atoms with Crippen LogP contribution in [0, 0.1) is 27.7 Å². The second-order valence-corrected chi connectivity index (χ2v) is 37.1. The quantitative estimate of drug-likeness (QED) is 0.0374. The van der Waals surface area contributed by atoms with Crippen LogP contribution >= 0.6 is 34.0 Å². The number of anilines is 3. The molecule has 3 amide bonds. The summed E-state index contributed by atoms with van der Waals surface area (Å²) >= 11 is 3.48. The van der Waals surface area contributed by atoms with Crippen LogP contribution in [0.3, 0.4) is 0 Å². The molecule has 6 fully saturated rings. The molecule has 6 aliphatic heterocycles. The number of cyclic esters (lactones) is 3. The first-order chi connectivity index (χ1) is 64.7. The van der Waals surface area contributed by atoms with E-state index in [1.165, 1.54) is 26.0 Å². The number of carboxylic acid groups (broad SMARTS) is 3. The Kier molecular flexibility index (Phi) is 27.1. The third-order valence-corrected chi connectivity index (χ3v) is 28.2. The minimum atomic E-state index is -4.53. The highest BCUT2D eigenvalue weighted by molar-refractivity contribution is 7.17. The van der Waals surface area contributed by atoms with Crippen molar-refractivity contribution in [1.29, 1.82) is 0 Å². The van der Waals surface area contributed by atoms with Crippen molar-refractivity contribution in [3.63, 3.8) is 0 Å². The molecule has 136 heavy (non-hydrogen) atoms. The van der Waals surface area contributed by atoms with E-state index in [2.05, 4.69) is 14.7 Å². The number of amides is 3. The Morgan fingerprint density at radius 1 is 0.390 bits per heavy atom. The number of pyridine rings is 3. The summed E-state index contributed by atoms with van der Waals surface area (Å²) in [5.74, 6) is 0.942. The van der Waals surface area contributed by atoms with E-state index in [1.807, 2.05) is 85.8 Å². The average Bonchev–Trinajstić information content (AvgIpc) is 1.34. The van der Waals surface area contributed by atoms with E-state index in [0.29, 0.717) is 84.4 Å². The maximum absolute atomic E-state index is 13.6. The summed E-state index contributed by atoms with van der Waals surface area (Å²) in [5, 5.41) is 30.1. The maximum atomic E-state index is 13.6. The first kappa shape index (κ1) is 95.4. The van der Waals surface area contributed by atoms with Crippen LogP contribution in [0.15, 0.2) is 175 Å². The predicted octanol–water partition coefficient (Wildman–Crippen LogP) is 23.7. The number of rotatable bonds is 24. The van der Waals surface area contributed by atoms with Gasteiger partial charge in [-0.2, -0.15) is 39.5 Å². The lowest BCUT2D eigenvalue weighted by molar-refractivity contribution is -0.138. The minimum absolute atomic E-state index is 0.0417. The number of carboxylic acids is 3. The molecule has 0 radical (unpaired) electrons. The predicted molar refractivity (Wildman–Crippen MR) is 496 cm³/mol. The smallest absolute Gasteiger partial charge is 0.416 e. The minimum Gasteiger partial charge on any atom is -0.496 e. The number of thiophene rings is 3. The molecule has 6 aromatic carbocycles. The van der Waals surface area contributed by atoms with Gasteiger partial charge in [-0.15, -0.1) is 34.0 Å². The van der Waals surface area contributed by atoms with Crippen LogP contribution in [0.4, 0.5) is 71.4 Å². The number of aryl methyl sites for hydroxylation is 4. The number of hydrogen-bond acceptors (Lipinski definition) is 21. The lowest BCUT2D eigenvalue weighted by Crippen LogP contribution is -2.38. The van der Waals surface area contributed by atoms with Crippen molar-refractivity contribution in [2.75, 3.05) is 75.3 Å². The monoisotopic (exact) mass is 1930 g/mol. The van der Waals surface area contributed by atoms with E-state index in [4.69, 9.17) is 43.4 Å². The van der Waals surface area contributed by atoms with Crippen LogP contribution in [0.1, 0.15) is 160 Å². The highest BCUT2D eigenvalue weighted by Gasteiger charge is 2.46. The van der Waals surface area contributed by atoms with Gasteiger partial charge in [0.2, 0.25) is 0 Å². The van der Waals surface area contributed by atoms with Crippen LogP contribution < -0.4 is 28.9 Å². The number of aromatic nitrogens is 3. The molecule has 6 aromatic heterocycles. The van der Waals surface area contributed by atoms with Gasteiger partial charge in [0.25, 0.3) is 0 Å². The molecule has 6 saturated heterocycles. The summed E-state index contributed by atoms with van der Waals surface area (Å²) < 4.78 is 157. The fourth-order valence-corrected chi connectivity index (χ4v) is 20.0. The van der Waals surface area contributed by atoms with E-state index in [9.17, 15) is 83.6 Å². The fourth-order valence-electron chi connectivity index (χ4n) is 17.4. The van der Waals surface area contributed by atoms with Crippen LogP contribution in [-0.2, 0) is 52.4 Å². The number of benzene rings is 6. The highest BCUT2D eigenvalue weighted by atomic mass is 32.1. The molecule has 0 unspecified atom stereocenters. The normalized spacial score (nSPS) is 18.1. The molecule has 0 saturated carbocycles. The Morgan fingerprint density at radius 3 is 1.05 bits per heavy atom. The number of nitrogens with zero attached hydrogens (tertiary/aromatic N) is 9. The number of aromatic carboxylic acids is 3. The number of carbonyl (C=O) groups is 6. The molecular formula is C100H92F9N9O15S3. The Labute approximate surface area is 787 Å². The van der Waals surface area contributed by atoms with Crippen LogP contribution in [-0.4, -0.2) is 160 Å². The third-order valence-electron chi connectivity index (χ3n) is 24.9. The van der Waals surface area contributed by atoms with E-state index in [0.717, 1.165) is 173 Å². The molecule has 6 atom stereocenters. The number of methoxy groups -OCH3 is 3. The largest absolute Gasteiger partial charge is 0.496 e. The summed E-state index contributed by atoms with van der Waals surface area (Å²) in [6.07, 6.45) is -15.1. The Morgan fingerprint density at radius 2 is 0.735 bits per heavy atom. The highest BCUT2D eigenvalue weighted by Crippen LogP contribution is 2.49. The molecule has 0 spiro atoms. The second kappa shape index (κ2) is 38.6. The van der Waals surface area contributed by atoms with E-state index in [-0.39, 0.29) is 51.0 Å². The van der Waals surface area contributed by atoms with E-state index < -0.39 is 108 Å². The van der Waals surface area contributed by atoms with Gasteiger partial charge in [0.1, 0.15) is 67.6 Å². The molecule has 12 aromatic rings. The summed E-state index contributed by atoms with van der Waals surface area (Å²) in [4.78, 5) is 102. The average molecular weight is 1930 g/mol. The molecule has 12 heterocycles. The van der Waals surface area contributed by atoms with Crippen LogP contribution in [0.25, 0.3) is 65.4 Å². The zero-order valence-corrected chi connectivity index (χ0v) is 77.5. The molecule has 0 aliphatic carbocycles. The van der Waals surface area contributed by atoms with E-state index >= 15 is 0 Å². The topological polar surface area (TPSA) is 277 Å². The Hall–Kier alpha value is -13.7. The van der Waals surface area contributed by atoms with Crippen molar-refractivity contribution in [2.45, 2.75) is 142 Å². The lowest BCUT2D eigenvalue weighted by atomic mass is 9.96. The first-order valence-corrected chi connectivity index (χ1v) is 46.0. The molecule has 708 valence electrons. The molecule has 18 rings (SSSR count). The zero-order chi connectivity index (χ0) is 97.0. The van der Waals surface area contributed by atoms with Gasteiger partial charge >= 0.3 is 54.7 Å². The molecule has 24 nitrogen and oxygen atoms in total. The van der Waals surface area contributed by atoms with Crippen LogP contribution in [0.2, 0.25) is 0 Å². The Bertz CT molecular complexity index is 6390. The van der Waals surface area contributed by atoms with Crippen molar-refractivity contribution in [3.05, 3.63) is 263 Å². The van der Waals surface area contributed by atoms with Gasteiger partial charge in [0.05, 0.1) is 92.9 Å². The molecule has 6 aliphatic rings. The summed E-state index contributed by atoms with van der Waals surface area (Å²) in [6.45, 7) is 17.1. The molecule has 3 N–H and O–H groups in total. The molecular weight excluding hydrogens is 1830 g/mol. The second-order valence-electron chi connectivity index (χ2n) is 34.1. The van der Waals surface area contributed by atoms with Gasteiger partial charge in [-0.05, 0) is 263 Å². The van der Waals surface area contributed by atoms with Gasteiger partial charge in [-0.25, -0.2) is 43.7 Å². The van der Waals surface area contributed by atoms with Gasteiger partial charge in [-0.3, -0.25) is 14.7 Å². The lowest BCUT2D eigenvalue weighted by Gasteiger charge is -2.33. The number of halogens is 9.